The molecule has 0 aliphatic rings. The van der Waals surface area contributed by atoms with Crippen molar-refractivity contribution in [2.75, 3.05) is 6.26 Å². The van der Waals surface area contributed by atoms with E-state index < -0.39 is 5.97 Å². The lowest BCUT2D eigenvalue weighted by molar-refractivity contribution is -0.351. The van der Waals surface area contributed by atoms with E-state index in [0.717, 1.165) is 0 Å². The van der Waals surface area contributed by atoms with Crippen LogP contribution in [-0.2, 0) is 0 Å². The number of carboxylic acid groups (broad SMARTS) is 1. The number of nitrogens with two attached hydrogens (primary N) is 1. The number of carbonyl (C=O) groups is 1. The van der Waals surface area contributed by atoms with Gasteiger partial charge in [0.25, 0.3) is 0 Å². The number of rotatable bonds is 2. The zero-order valence-electron chi connectivity index (χ0n) is 8.06. The van der Waals surface area contributed by atoms with E-state index in [0.29, 0.717) is 10.9 Å². The Bertz CT molecular complexity index is 382. The van der Waals surface area contributed by atoms with E-state index in [4.69, 9.17) is 10.8 Å². The van der Waals surface area contributed by atoms with E-state index in [-0.39, 0.29) is 29.5 Å². The number of benzene rings is 1. The number of aromatic carboxylic acids is 1. The van der Waals surface area contributed by atoms with Crippen LogP contribution in [0.3, 0.4) is 0 Å². The first-order chi connectivity index (χ1) is 6.63. The quantitative estimate of drug-likeness (QED) is 0.414. The van der Waals surface area contributed by atoms with Crippen LogP contribution >= 0.6 is 35.7 Å². The zero-order chi connectivity index (χ0) is 10.6. The van der Waals surface area contributed by atoms with Gasteiger partial charge in [-0.25, -0.2) is 9.79 Å². The van der Waals surface area contributed by atoms with Crippen molar-refractivity contribution in [3.63, 3.8) is 0 Å². The number of thioether (sulfide) groups is 1. The summed E-state index contributed by atoms with van der Waals surface area (Å²) in [6.45, 7) is 0. The molecule has 0 fully saturated rings. The van der Waals surface area contributed by atoms with Gasteiger partial charge in [-0.15, -0.1) is 24.0 Å². The summed E-state index contributed by atoms with van der Waals surface area (Å²) >= 11 is 1.37. The first-order valence-electron chi connectivity index (χ1n) is 3.90. The van der Waals surface area contributed by atoms with Gasteiger partial charge < -0.3 is 5.11 Å². The Morgan fingerprint density at radius 2 is 2.20 bits per heavy atom. The third-order valence-electron chi connectivity index (χ3n) is 1.60. The normalized spacial score (nSPS) is 10.6. The fraction of sp³-hybridized carbons (Fsp3) is 0.111. The van der Waals surface area contributed by atoms with Crippen LogP contribution in [0.1, 0.15) is 10.4 Å². The first-order valence-corrected chi connectivity index (χ1v) is 5.12. The van der Waals surface area contributed by atoms with Gasteiger partial charge in [0.2, 0.25) is 0 Å². The Balaban J connectivity index is 0.00000196. The minimum atomic E-state index is -0.948. The van der Waals surface area contributed by atoms with E-state index in [9.17, 15) is 4.79 Å². The predicted octanol–water partition coefficient (Wildman–Crippen LogP) is 0.393. The lowest BCUT2D eigenvalue weighted by Crippen LogP contribution is -2.68. The van der Waals surface area contributed by atoms with Gasteiger partial charge in [-0.1, -0.05) is 6.07 Å². The molecular weight excluding hydrogens is 327 g/mol. The molecule has 0 bridgehead atoms. The summed E-state index contributed by atoms with van der Waals surface area (Å²) < 4.78 is 0. The van der Waals surface area contributed by atoms with Crippen LogP contribution in [-0.4, -0.2) is 22.5 Å². The summed E-state index contributed by atoms with van der Waals surface area (Å²) in [5.74, 6) is -0.948. The standard InChI is InChI=1S/C9H10N2O2S.HI/c1-14-9(10)11-7-4-2-3-6(5-7)8(12)13;/h2-5H,1H3,(H2,10,11)(H,12,13);1H/p+1. The third kappa shape index (κ3) is 4.52. The molecule has 0 amide bonds. The lowest BCUT2D eigenvalue weighted by Gasteiger charge is -1.95. The molecule has 0 aliphatic heterocycles. The van der Waals surface area contributed by atoms with Crippen LogP contribution < -0.4 is 10.7 Å². The van der Waals surface area contributed by atoms with Crippen molar-refractivity contribution < 1.29 is 14.9 Å². The molecule has 0 spiro atoms. The fourth-order valence-electron chi connectivity index (χ4n) is 0.923. The molecule has 0 aromatic heterocycles. The molecule has 0 saturated carbocycles. The number of hydrogen-bond donors (Lipinski definition) is 3. The number of halogens is 1. The van der Waals surface area contributed by atoms with Gasteiger partial charge in [0, 0.05) is 0 Å². The van der Waals surface area contributed by atoms with Crippen molar-refractivity contribution in [1.82, 2.24) is 0 Å². The molecule has 4 nitrogen and oxygen atoms in total. The summed E-state index contributed by atoms with van der Waals surface area (Å²) in [6, 6.07) is 6.49. The highest BCUT2D eigenvalue weighted by Gasteiger charge is 2.04. The molecule has 0 atom stereocenters. The maximum absolute atomic E-state index is 10.6. The SMILES string of the molecule is CSC(N)=[NH+]c1cccc(C(=O)O)c1.I. The van der Waals surface area contributed by atoms with Gasteiger partial charge in [0.1, 0.15) is 5.69 Å². The van der Waals surface area contributed by atoms with Crippen molar-refractivity contribution in [3.8, 4) is 0 Å². The molecule has 0 aliphatic carbocycles. The van der Waals surface area contributed by atoms with E-state index >= 15 is 0 Å². The molecule has 82 valence electrons. The fourth-order valence-corrected chi connectivity index (χ4v) is 1.14. The lowest BCUT2D eigenvalue weighted by atomic mass is 10.2. The van der Waals surface area contributed by atoms with Crippen LogP contribution in [0.25, 0.3) is 0 Å². The molecule has 1 rings (SSSR count). The molecule has 0 unspecified atom stereocenters. The minimum absolute atomic E-state index is 0. The molecule has 15 heavy (non-hydrogen) atoms. The van der Waals surface area contributed by atoms with Crippen molar-refractivity contribution in [3.05, 3.63) is 29.8 Å². The van der Waals surface area contributed by atoms with Gasteiger partial charge in [0.15, 0.2) is 0 Å². The van der Waals surface area contributed by atoms with Crippen LogP contribution in [0.4, 0.5) is 5.69 Å². The van der Waals surface area contributed by atoms with Gasteiger partial charge in [0.05, 0.1) is 5.56 Å². The van der Waals surface area contributed by atoms with E-state index in [1.54, 1.807) is 12.1 Å². The average molecular weight is 339 g/mol. The summed E-state index contributed by atoms with van der Waals surface area (Å²) in [7, 11) is 0. The topological polar surface area (TPSA) is 77.3 Å². The number of nitrogens with one attached hydrogen (secondary N) is 1. The number of carboxylic acids is 1. The molecule has 0 heterocycles. The van der Waals surface area contributed by atoms with Gasteiger partial charge in [-0.3, -0.25) is 5.73 Å². The summed E-state index contributed by atoms with van der Waals surface area (Å²) in [4.78, 5) is 13.5. The number of hydrogen-bond acceptors (Lipinski definition) is 2. The van der Waals surface area contributed by atoms with Crippen LogP contribution in [0.15, 0.2) is 24.3 Å². The van der Waals surface area contributed by atoms with Crippen molar-refractivity contribution in [2.45, 2.75) is 0 Å². The maximum atomic E-state index is 10.6. The first kappa shape index (κ1) is 14.2. The molecule has 1 aromatic carbocycles. The van der Waals surface area contributed by atoms with Gasteiger partial charge in [-0.2, -0.15) is 0 Å². The monoisotopic (exact) mass is 339 g/mol. The van der Waals surface area contributed by atoms with Crippen molar-refractivity contribution in [1.29, 1.82) is 0 Å². The predicted molar refractivity (Wildman–Crippen MR) is 72.1 cm³/mol. The molecule has 4 N–H and O–H groups in total. The van der Waals surface area contributed by atoms with Gasteiger partial charge in [-0.05, 0) is 36.2 Å². The van der Waals surface area contributed by atoms with E-state index in [1.165, 1.54) is 23.9 Å². The maximum Gasteiger partial charge on any atom is 0.335 e. The molecule has 1 aromatic rings. The summed E-state index contributed by atoms with van der Waals surface area (Å²) in [5.41, 5.74) is 6.47. The molecule has 0 saturated heterocycles. The second-order valence-corrected chi connectivity index (χ2v) is 3.43. The summed E-state index contributed by atoms with van der Waals surface area (Å²) in [5, 5.41) is 9.26. The molecular formula is C9H12IN2O2S+. The second kappa shape index (κ2) is 6.67. The Labute approximate surface area is 109 Å². The summed E-state index contributed by atoms with van der Waals surface area (Å²) in [6.07, 6.45) is 1.84. The minimum Gasteiger partial charge on any atom is -0.478 e. The van der Waals surface area contributed by atoms with Crippen LogP contribution in [0.5, 0.6) is 0 Å². The van der Waals surface area contributed by atoms with E-state index in [2.05, 4.69) is 4.99 Å². The highest BCUT2D eigenvalue weighted by molar-refractivity contribution is 14.0. The van der Waals surface area contributed by atoms with Crippen molar-refractivity contribution >= 4 is 52.6 Å². The largest absolute Gasteiger partial charge is 0.478 e. The Morgan fingerprint density at radius 3 is 2.73 bits per heavy atom. The Hall–Kier alpha value is -0.760. The van der Waals surface area contributed by atoms with Crippen LogP contribution in [0.2, 0.25) is 0 Å². The second-order valence-electron chi connectivity index (χ2n) is 2.58. The third-order valence-corrected chi connectivity index (χ3v) is 2.14. The molecule has 0 radical (unpaired) electrons. The van der Waals surface area contributed by atoms with Crippen LogP contribution in [0, 0.1) is 0 Å². The zero-order valence-corrected chi connectivity index (χ0v) is 11.2. The molecule has 6 heteroatoms. The highest BCUT2D eigenvalue weighted by atomic mass is 127. The van der Waals surface area contributed by atoms with Crippen molar-refractivity contribution in [2.24, 2.45) is 5.73 Å². The van der Waals surface area contributed by atoms with E-state index in [1.807, 2.05) is 6.26 Å². The Morgan fingerprint density at radius 1 is 1.53 bits per heavy atom. The van der Waals surface area contributed by atoms with Gasteiger partial charge >= 0.3 is 11.1 Å². The highest BCUT2D eigenvalue weighted by Crippen LogP contribution is 2.04. The smallest absolute Gasteiger partial charge is 0.335 e. The number of amidine groups is 1. The average Bonchev–Trinajstić information content (AvgIpc) is 2.18. The Kier molecular flexibility index (Phi) is 6.34.